The average molecular weight is 435 g/mol. The third-order valence-electron chi connectivity index (χ3n) is 5.96. The molecule has 0 atom stereocenters. The van der Waals surface area contributed by atoms with Crippen LogP contribution in [0.25, 0.3) is 0 Å². The van der Waals surface area contributed by atoms with E-state index in [0.717, 1.165) is 63.1 Å². The number of likely N-dealkylation sites (N-methyl/N-ethyl adjacent to an activating group) is 1. The molecule has 1 saturated carbocycles. The Balaban J connectivity index is 1.84. The third-order valence-corrected chi connectivity index (χ3v) is 5.96. The summed E-state index contributed by atoms with van der Waals surface area (Å²) in [5.74, 6) is 1.76. The zero-order chi connectivity index (χ0) is 22.4. The number of ether oxygens (including phenoxy) is 3. The van der Waals surface area contributed by atoms with Gasteiger partial charge in [0.1, 0.15) is 12.4 Å². The molecule has 2 rings (SSSR count). The molecule has 1 fully saturated rings. The smallest absolute Gasteiger partial charge is 0.191 e. The maximum Gasteiger partial charge on any atom is 0.191 e. The quantitative estimate of drug-likeness (QED) is 0.327. The first kappa shape index (κ1) is 25.4. The molecule has 7 nitrogen and oxygen atoms in total. The van der Waals surface area contributed by atoms with Gasteiger partial charge in [-0.15, -0.1) is 0 Å². The molecule has 1 aliphatic rings. The molecule has 0 spiro atoms. The van der Waals surface area contributed by atoms with Crippen LogP contribution in [0, 0.1) is 5.41 Å². The minimum atomic E-state index is 0.358. The van der Waals surface area contributed by atoms with Crippen molar-refractivity contribution in [2.75, 3.05) is 67.3 Å². The Labute approximate surface area is 188 Å². The van der Waals surface area contributed by atoms with Crippen molar-refractivity contribution in [1.82, 2.24) is 15.5 Å². The Morgan fingerprint density at radius 2 is 1.87 bits per heavy atom. The molecule has 1 aromatic rings. The first-order valence-electron chi connectivity index (χ1n) is 11.5. The van der Waals surface area contributed by atoms with Crippen molar-refractivity contribution in [3.63, 3.8) is 0 Å². The van der Waals surface area contributed by atoms with E-state index in [1.165, 1.54) is 19.3 Å². The number of hydrogen-bond acceptors (Lipinski definition) is 5. The van der Waals surface area contributed by atoms with Crippen molar-refractivity contribution in [1.29, 1.82) is 0 Å². The normalized spacial score (nSPS) is 15.6. The molecule has 0 saturated heterocycles. The van der Waals surface area contributed by atoms with Gasteiger partial charge < -0.3 is 29.7 Å². The second-order valence-electron chi connectivity index (χ2n) is 8.44. The number of benzene rings is 1. The molecular formula is C24H42N4O3. The molecule has 0 aliphatic heterocycles. The van der Waals surface area contributed by atoms with E-state index < -0.39 is 0 Å². The second-order valence-corrected chi connectivity index (χ2v) is 8.44. The van der Waals surface area contributed by atoms with Crippen molar-refractivity contribution in [2.24, 2.45) is 10.4 Å². The highest BCUT2D eigenvalue weighted by atomic mass is 16.5. The van der Waals surface area contributed by atoms with E-state index in [1.54, 1.807) is 14.2 Å². The van der Waals surface area contributed by atoms with Gasteiger partial charge in [-0.1, -0.05) is 18.6 Å². The molecule has 1 aromatic carbocycles. The first-order chi connectivity index (χ1) is 15.1. The summed E-state index contributed by atoms with van der Waals surface area (Å²) >= 11 is 0. The topological polar surface area (TPSA) is 67.4 Å². The zero-order valence-corrected chi connectivity index (χ0v) is 19.9. The van der Waals surface area contributed by atoms with E-state index >= 15 is 0 Å². The Kier molecular flexibility index (Phi) is 11.7. The van der Waals surface area contributed by atoms with Gasteiger partial charge in [0.15, 0.2) is 5.96 Å². The van der Waals surface area contributed by atoms with Crippen LogP contribution in [0.4, 0.5) is 0 Å². The Morgan fingerprint density at radius 1 is 1.10 bits per heavy atom. The summed E-state index contributed by atoms with van der Waals surface area (Å²) in [7, 11) is 5.58. The molecule has 1 aliphatic carbocycles. The van der Waals surface area contributed by atoms with E-state index in [4.69, 9.17) is 19.2 Å². The van der Waals surface area contributed by atoms with Gasteiger partial charge in [0, 0.05) is 47.0 Å². The fourth-order valence-corrected chi connectivity index (χ4v) is 3.71. The van der Waals surface area contributed by atoms with Crippen LogP contribution in [0.5, 0.6) is 5.75 Å². The van der Waals surface area contributed by atoms with Gasteiger partial charge in [-0.05, 0) is 56.3 Å². The number of aliphatic imine (C=N–C) groups is 1. The van der Waals surface area contributed by atoms with Gasteiger partial charge in [0.25, 0.3) is 0 Å². The summed E-state index contributed by atoms with van der Waals surface area (Å²) in [6.07, 6.45) is 4.95. The van der Waals surface area contributed by atoms with Gasteiger partial charge in [-0.3, -0.25) is 0 Å². The maximum absolute atomic E-state index is 5.93. The number of nitrogens with one attached hydrogen (secondary N) is 2. The summed E-state index contributed by atoms with van der Waals surface area (Å²) < 4.78 is 16.3. The van der Waals surface area contributed by atoms with Crippen molar-refractivity contribution in [2.45, 2.75) is 39.2 Å². The van der Waals surface area contributed by atoms with E-state index in [-0.39, 0.29) is 0 Å². The lowest BCUT2D eigenvalue weighted by molar-refractivity contribution is 0.0732. The minimum Gasteiger partial charge on any atom is -0.492 e. The summed E-state index contributed by atoms with van der Waals surface area (Å²) in [5.41, 5.74) is 1.50. The van der Waals surface area contributed by atoms with E-state index in [0.29, 0.717) is 18.6 Å². The van der Waals surface area contributed by atoms with Crippen LogP contribution in [0.2, 0.25) is 0 Å². The number of hydrogen-bond donors (Lipinski definition) is 2. The van der Waals surface area contributed by atoms with Crippen LogP contribution in [0.15, 0.2) is 29.3 Å². The van der Waals surface area contributed by atoms with E-state index in [9.17, 15) is 0 Å². The van der Waals surface area contributed by atoms with Gasteiger partial charge in [0.2, 0.25) is 0 Å². The molecule has 0 unspecified atom stereocenters. The first-order valence-corrected chi connectivity index (χ1v) is 11.5. The molecule has 31 heavy (non-hydrogen) atoms. The van der Waals surface area contributed by atoms with Crippen LogP contribution < -0.4 is 15.4 Å². The summed E-state index contributed by atoms with van der Waals surface area (Å²) in [6, 6.07) is 8.20. The summed E-state index contributed by atoms with van der Waals surface area (Å²) in [5, 5.41) is 6.93. The van der Waals surface area contributed by atoms with Crippen LogP contribution in [-0.4, -0.2) is 78.1 Å². The number of nitrogens with zero attached hydrogens (tertiary/aromatic N) is 2. The molecule has 7 heteroatoms. The molecule has 0 aromatic heterocycles. The zero-order valence-electron chi connectivity index (χ0n) is 19.9. The Morgan fingerprint density at radius 3 is 2.55 bits per heavy atom. The predicted octanol–water partition coefficient (Wildman–Crippen LogP) is 2.91. The van der Waals surface area contributed by atoms with Gasteiger partial charge >= 0.3 is 0 Å². The molecule has 0 amide bonds. The SMILES string of the molecule is CCNC(=NCc1cccc(OCCN(C)CCOC)c1)NCC1(CCOC)CCC1. The van der Waals surface area contributed by atoms with Crippen molar-refractivity contribution < 1.29 is 14.2 Å². The molecule has 0 radical (unpaired) electrons. The highest BCUT2D eigenvalue weighted by Gasteiger charge is 2.36. The predicted molar refractivity (Wildman–Crippen MR) is 127 cm³/mol. The largest absolute Gasteiger partial charge is 0.492 e. The fraction of sp³-hybridized carbons (Fsp3) is 0.708. The van der Waals surface area contributed by atoms with Crippen molar-refractivity contribution in [3.8, 4) is 5.75 Å². The Bertz CT molecular complexity index is 649. The number of rotatable bonds is 15. The minimum absolute atomic E-state index is 0.358. The Hall–Kier alpha value is -1.83. The number of methoxy groups -OCH3 is 2. The lowest BCUT2D eigenvalue weighted by atomic mass is 9.67. The van der Waals surface area contributed by atoms with Gasteiger partial charge in [0.05, 0.1) is 13.2 Å². The van der Waals surface area contributed by atoms with Crippen LogP contribution in [0.3, 0.4) is 0 Å². The standard InChI is InChI=1S/C24H42N4O3/c1-5-25-23(27-20-24(10-7-11-24)12-15-29-3)26-19-21-8-6-9-22(18-21)31-17-14-28(2)13-16-30-4/h6,8-9,18H,5,7,10-17,19-20H2,1-4H3,(H2,25,26,27). The molecular weight excluding hydrogens is 392 g/mol. The summed E-state index contributed by atoms with van der Waals surface area (Å²) in [4.78, 5) is 7.00. The third kappa shape index (κ3) is 9.46. The maximum atomic E-state index is 5.93. The summed E-state index contributed by atoms with van der Waals surface area (Å²) in [6.45, 7) is 8.49. The van der Waals surface area contributed by atoms with Crippen molar-refractivity contribution >= 4 is 5.96 Å². The van der Waals surface area contributed by atoms with Crippen LogP contribution in [-0.2, 0) is 16.0 Å². The van der Waals surface area contributed by atoms with E-state index in [1.807, 2.05) is 12.1 Å². The van der Waals surface area contributed by atoms with Crippen molar-refractivity contribution in [3.05, 3.63) is 29.8 Å². The van der Waals surface area contributed by atoms with E-state index in [2.05, 4.69) is 41.6 Å². The van der Waals surface area contributed by atoms with Gasteiger partial charge in [-0.25, -0.2) is 4.99 Å². The highest BCUT2D eigenvalue weighted by Crippen LogP contribution is 2.43. The lowest BCUT2D eigenvalue weighted by Gasteiger charge is -2.42. The highest BCUT2D eigenvalue weighted by molar-refractivity contribution is 5.79. The molecule has 176 valence electrons. The monoisotopic (exact) mass is 434 g/mol. The van der Waals surface area contributed by atoms with Crippen LogP contribution in [0.1, 0.15) is 38.2 Å². The molecule has 0 heterocycles. The average Bonchev–Trinajstić information content (AvgIpc) is 2.75. The second kappa shape index (κ2) is 14.3. The fourth-order valence-electron chi connectivity index (χ4n) is 3.71. The lowest BCUT2D eigenvalue weighted by Crippen LogP contribution is -2.46. The molecule has 0 bridgehead atoms. The number of guanidine groups is 1. The van der Waals surface area contributed by atoms with Gasteiger partial charge in [-0.2, -0.15) is 0 Å². The molecule has 2 N–H and O–H groups in total. The van der Waals surface area contributed by atoms with Crippen LogP contribution >= 0.6 is 0 Å².